The molecule has 2 aliphatic heterocycles. The molecule has 29 heavy (non-hydrogen) atoms. The first-order valence-corrected chi connectivity index (χ1v) is 10.4. The highest BCUT2D eigenvalue weighted by Crippen LogP contribution is 2.27. The largest absolute Gasteiger partial charge is 0.497 e. The Morgan fingerprint density at radius 3 is 2.55 bits per heavy atom. The Labute approximate surface area is 174 Å². The Morgan fingerprint density at radius 2 is 1.93 bits per heavy atom. The van der Waals surface area contributed by atoms with E-state index < -0.39 is 12.1 Å². The summed E-state index contributed by atoms with van der Waals surface area (Å²) in [7, 11) is 1.60. The van der Waals surface area contributed by atoms with E-state index in [-0.39, 0.29) is 30.2 Å². The number of nitrogens with zero attached hydrogens (tertiary/aromatic N) is 1. The SMILES string of the molecule is COc1ccc(CCN2C(=O)N[C@@H](CCC(=O)N[C@@H]3NC(C)=C(C)S3)C2=O)cc1. The third kappa shape index (κ3) is 5.23. The van der Waals surface area contributed by atoms with Crippen LogP contribution in [0.15, 0.2) is 34.9 Å². The van der Waals surface area contributed by atoms with Gasteiger partial charge in [0, 0.05) is 23.6 Å². The highest BCUT2D eigenvalue weighted by atomic mass is 32.2. The van der Waals surface area contributed by atoms with E-state index in [1.807, 2.05) is 38.1 Å². The van der Waals surface area contributed by atoms with Gasteiger partial charge in [-0.1, -0.05) is 23.9 Å². The molecule has 1 aromatic carbocycles. The number of benzene rings is 1. The van der Waals surface area contributed by atoms with E-state index in [1.165, 1.54) is 4.90 Å². The average molecular weight is 419 g/mol. The highest BCUT2D eigenvalue weighted by molar-refractivity contribution is 8.03. The van der Waals surface area contributed by atoms with Crippen molar-refractivity contribution >= 4 is 29.6 Å². The predicted octanol–water partition coefficient (Wildman–Crippen LogP) is 1.93. The van der Waals surface area contributed by atoms with E-state index >= 15 is 0 Å². The number of methoxy groups -OCH3 is 1. The Hall–Kier alpha value is -2.68. The molecule has 9 heteroatoms. The zero-order chi connectivity index (χ0) is 21.0. The normalized spacial score (nSPS) is 21.3. The molecule has 1 aromatic rings. The van der Waals surface area contributed by atoms with Gasteiger partial charge < -0.3 is 20.7 Å². The summed E-state index contributed by atoms with van der Waals surface area (Å²) < 4.78 is 5.12. The Balaban J connectivity index is 1.44. The van der Waals surface area contributed by atoms with Gasteiger partial charge in [0.25, 0.3) is 5.91 Å². The van der Waals surface area contributed by atoms with Crippen molar-refractivity contribution in [1.82, 2.24) is 20.9 Å². The van der Waals surface area contributed by atoms with Crippen LogP contribution in [0.25, 0.3) is 0 Å². The lowest BCUT2D eigenvalue weighted by molar-refractivity contribution is -0.127. The second kappa shape index (κ2) is 9.21. The van der Waals surface area contributed by atoms with E-state index in [0.717, 1.165) is 21.9 Å². The Bertz CT molecular complexity index is 810. The molecule has 1 saturated heterocycles. The van der Waals surface area contributed by atoms with Crippen LogP contribution in [0.4, 0.5) is 4.79 Å². The third-order valence-corrected chi connectivity index (χ3v) is 6.14. The van der Waals surface area contributed by atoms with E-state index in [1.54, 1.807) is 18.9 Å². The minimum atomic E-state index is -0.657. The summed E-state index contributed by atoms with van der Waals surface area (Å²) in [4.78, 5) is 39.2. The lowest BCUT2D eigenvalue weighted by Gasteiger charge is -2.15. The number of amides is 4. The third-order valence-electron chi connectivity index (χ3n) is 5.01. The van der Waals surface area contributed by atoms with Crippen molar-refractivity contribution < 1.29 is 19.1 Å². The van der Waals surface area contributed by atoms with Crippen LogP contribution in [0.2, 0.25) is 0 Å². The number of ether oxygens (including phenoxy) is 1. The average Bonchev–Trinajstić information content (AvgIpc) is 3.16. The maximum absolute atomic E-state index is 12.5. The molecule has 2 atom stereocenters. The first kappa shape index (κ1) is 21.0. The van der Waals surface area contributed by atoms with Gasteiger partial charge >= 0.3 is 6.03 Å². The zero-order valence-electron chi connectivity index (χ0n) is 16.8. The second-order valence-electron chi connectivity index (χ2n) is 7.02. The first-order chi connectivity index (χ1) is 13.9. The van der Waals surface area contributed by atoms with Crippen LogP contribution in [0.3, 0.4) is 0 Å². The number of thioether (sulfide) groups is 1. The molecule has 2 aliphatic rings. The van der Waals surface area contributed by atoms with Crippen molar-refractivity contribution in [2.75, 3.05) is 13.7 Å². The molecule has 0 aliphatic carbocycles. The van der Waals surface area contributed by atoms with Crippen LogP contribution in [0, 0.1) is 0 Å². The van der Waals surface area contributed by atoms with Crippen molar-refractivity contribution in [1.29, 1.82) is 0 Å². The van der Waals surface area contributed by atoms with Crippen molar-refractivity contribution in [2.45, 2.75) is 44.6 Å². The van der Waals surface area contributed by atoms with Crippen molar-refractivity contribution in [3.63, 3.8) is 0 Å². The van der Waals surface area contributed by atoms with E-state index in [9.17, 15) is 14.4 Å². The number of carbonyl (C=O) groups excluding carboxylic acids is 3. The number of hydrogen-bond acceptors (Lipinski definition) is 6. The lowest BCUT2D eigenvalue weighted by atomic mass is 10.1. The fourth-order valence-electron chi connectivity index (χ4n) is 3.17. The minimum Gasteiger partial charge on any atom is -0.497 e. The molecule has 1 fully saturated rings. The molecular weight excluding hydrogens is 392 g/mol. The molecule has 3 N–H and O–H groups in total. The van der Waals surface area contributed by atoms with Gasteiger partial charge in [0.15, 0.2) is 5.50 Å². The van der Waals surface area contributed by atoms with Crippen LogP contribution in [-0.4, -0.2) is 47.9 Å². The lowest BCUT2D eigenvalue weighted by Crippen LogP contribution is -2.40. The van der Waals surface area contributed by atoms with Gasteiger partial charge in [-0.15, -0.1) is 0 Å². The highest BCUT2D eigenvalue weighted by Gasteiger charge is 2.37. The number of hydrogen-bond donors (Lipinski definition) is 3. The van der Waals surface area contributed by atoms with E-state index in [2.05, 4.69) is 16.0 Å². The number of nitrogens with one attached hydrogen (secondary N) is 3. The summed E-state index contributed by atoms with van der Waals surface area (Å²) in [5.74, 6) is 0.323. The van der Waals surface area contributed by atoms with Crippen LogP contribution in [0.5, 0.6) is 5.75 Å². The van der Waals surface area contributed by atoms with Crippen molar-refractivity contribution in [3.05, 3.63) is 40.4 Å². The van der Waals surface area contributed by atoms with Crippen LogP contribution < -0.4 is 20.7 Å². The molecule has 156 valence electrons. The standard InChI is InChI=1S/C20H26N4O4S/c1-12-13(2)29-19(21-12)23-17(25)9-8-16-18(26)24(20(27)22-16)11-10-14-4-6-15(28-3)7-5-14/h4-7,16,19,21H,8-11H2,1-3H3,(H,22,27)(H,23,25)/t16-,19-/m0/s1. The monoisotopic (exact) mass is 418 g/mol. The summed E-state index contributed by atoms with van der Waals surface area (Å²) in [6.07, 6.45) is 1.00. The fraction of sp³-hybridized carbons (Fsp3) is 0.450. The maximum Gasteiger partial charge on any atom is 0.324 e. The second-order valence-corrected chi connectivity index (χ2v) is 8.34. The summed E-state index contributed by atoms with van der Waals surface area (Å²) in [5, 5.41) is 8.74. The van der Waals surface area contributed by atoms with Crippen molar-refractivity contribution in [2.24, 2.45) is 0 Å². The molecule has 4 amide bonds. The topological polar surface area (TPSA) is 99.8 Å². The number of carbonyl (C=O) groups is 3. The number of imide groups is 1. The van der Waals surface area contributed by atoms with E-state index in [4.69, 9.17) is 4.74 Å². The summed E-state index contributed by atoms with van der Waals surface area (Å²) in [6, 6.07) is 6.45. The zero-order valence-corrected chi connectivity index (χ0v) is 17.6. The van der Waals surface area contributed by atoms with Gasteiger partial charge in [-0.05, 0) is 44.4 Å². The van der Waals surface area contributed by atoms with Crippen LogP contribution in [0.1, 0.15) is 32.3 Å². The first-order valence-electron chi connectivity index (χ1n) is 9.52. The molecule has 0 spiro atoms. The Kier molecular flexibility index (Phi) is 6.68. The van der Waals surface area contributed by atoms with Gasteiger partial charge in [0.2, 0.25) is 5.91 Å². The number of rotatable bonds is 8. The summed E-state index contributed by atoms with van der Waals surface area (Å²) >= 11 is 1.55. The Morgan fingerprint density at radius 1 is 1.21 bits per heavy atom. The van der Waals surface area contributed by atoms with Gasteiger partial charge in [-0.2, -0.15) is 0 Å². The molecule has 8 nitrogen and oxygen atoms in total. The van der Waals surface area contributed by atoms with Gasteiger partial charge in [0.1, 0.15) is 11.8 Å². The fourth-order valence-corrected chi connectivity index (χ4v) is 4.18. The summed E-state index contributed by atoms with van der Waals surface area (Å²) in [5.41, 5.74) is 1.87. The quantitative estimate of drug-likeness (QED) is 0.558. The van der Waals surface area contributed by atoms with Gasteiger partial charge in [-0.25, -0.2) is 4.79 Å². The molecule has 3 rings (SSSR count). The van der Waals surface area contributed by atoms with Crippen molar-refractivity contribution in [3.8, 4) is 5.75 Å². The summed E-state index contributed by atoms with van der Waals surface area (Å²) in [6.45, 7) is 4.25. The van der Waals surface area contributed by atoms with Crippen LogP contribution in [-0.2, 0) is 16.0 Å². The molecule has 0 unspecified atom stereocenters. The van der Waals surface area contributed by atoms with Gasteiger partial charge in [0.05, 0.1) is 7.11 Å². The predicted molar refractivity (Wildman–Crippen MR) is 111 cm³/mol. The molecule has 0 radical (unpaired) electrons. The molecule has 0 saturated carbocycles. The number of allylic oxidation sites excluding steroid dienone is 2. The maximum atomic E-state index is 12.5. The molecule has 0 bridgehead atoms. The number of urea groups is 1. The molecular formula is C20H26N4O4S. The molecule has 0 aromatic heterocycles. The smallest absolute Gasteiger partial charge is 0.324 e. The van der Waals surface area contributed by atoms with Gasteiger partial charge in [-0.3, -0.25) is 14.5 Å². The molecule has 2 heterocycles. The van der Waals surface area contributed by atoms with E-state index in [0.29, 0.717) is 13.0 Å². The van der Waals surface area contributed by atoms with Crippen LogP contribution >= 0.6 is 11.8 Å². The minimum absolute atomic E-state index is 0.156.